The molecule has 1 saturated carbocycles. The number of carbonyl (C=O) groups excluding carboxylic acids is 2. The first-order chi connectivity index (χ1) is 30.3. The highest BCUT2D eigenvalue weighted by atomic mass is 16.7. The Labute approximate surface area is 364 Å². The lowest BCUT2D eigenvalue weighted by molar-refractivity contribution is -0.256. The highest BCUT2D eigenvalue weighted by molar-refractivity contribution is 6.03. The molecular formula is C50H59N3O9. The molecule has 12 heteroatoms. The molecule has 12 nitrogen and oxygen atoms in total. The van der Waals surface area contributed by atoms with Crippen LogP contribution in [0.25, 0.3) is 10.8 Å². The zero-order valence-corrected chi connectivity index (χ0v) is 35.7. The van der Waals surface area contributed by atoms with E-state index < -0.39 is 29.9 Å². The van der Waals surface area contributed by atoms with Gasteiger partial charge < -0.3 is 39.3 Å². The third-order valence-corrected chi connectivity index (χ3v) is 12.4. The van der Waals surface area contributed by atoms with Crippen molar-refractivity contribution in [2.45, 2.75) is 82.8 Å². The van der Waals surface area contributed by atoms with Crippen LogP contribution in [0, 0.1) is 17.8 Å². The van der Waals surface area contributed by atoms with Gasteiger partial charge in [-0.1, -0.05) is 103 Å². The van der Waals surface area contributed by atoms with Gasteiger partial charge in [0, 0.05) is 37.7 Å². The van der Waals surface area contributed by atoms with Gasteiger partial charge >= 0.3 is 12.2 Å². The summed E-state index contributed by atoms with van der Waals surface area (Å²) in [5.74, 6) is -1.45. The summed E-state index contributed by atoms with van der Waals surface area (Å²) in [4.78, 5) is 35.2. The third-order valence-electron chi connectivity index (χ3n) is 12.4. The fraction of sp³-hybridized carbons (Fsp3) is 0.420. The van der Waals surface area contributed by atoms with E-state index in [1.807, 2.05) is 85.8 Å². The van der Waals surface area contributed by atoms with Gasteiger partial charge in [-0.25, -0.2) is 9.59 Å². The first-order valence-electron chi connectivity index (χ1n) is 21.9. The van der Waals surface area contributed by atoms with Crippen LogP contribution in [0.5, 0.6) is 11.5 Å². The minimum atomic E-state index is -1.50. The van der Waals surface area contributed by atoms with Gasteiger partial charge in [0.15, 0.2) is 0 Å². The van der Waals surface area contributed by atoms with Crippen LogP contribution in [0.3, 0.4) is 0 Å². The number of nitrogens with zero attached hydrogens (tertiary/aromatic N) is 2. The van der Waals surface area contributed by atoms with Gasteiger partial charge in [-0.2, -0.15) is 0 Å². The molecule has 0 radical (unpaired) electrons. The number of aliphatic hydroxyl groups is 2. The Bertz CT molecular complexity index is 2220. The number of nitrogens with one attached hydrogen (secondary N) is 1. The van der Waals surface area contributed by atoms with Crippen LogP contribution in [0.15, 0.2) is 120 Å². The molecule has 2 amide bonds. The molecule has 1 aliphatic heterocycles. The lowest BCUT2D eigenvalue weighted by atomic mass is 9.55. The van der Waals surface area contributed by atoms with Crippen LogP contribution in [-0.4, -0.2) is 78.3 Å². The van der Waals surface area contributed by atoms with Crippen molar-refractivity contribution in [2.75, 3.05) is 33.5 Å². The summed E-state index contributed by atoms with van der Waals surface area (Å²) in [6.07, 6.45) is 7.44. The number of methoxy groups -OCH3 is 1. The first-order valence-corrected chi connectivity index (χ1v) is 21.9. The maximum absolute atomic E-state index is 14.5. The topological polar surface area (TPSA) is 148 Å². The molecule has 0 bridgehead atoms. The fourth-order valence-corrected chi connectivity index (χ4v) is 9.79. The molecule has 4 aromatic carbocycles. The predicted molar refractivity (Wildman–Crippen MR) is 238 cm³/mol. The van der Waals surface area contributed by atoms with Gasteiger partial charge in [0.05, 0.1) is 31.9 Å². The van der Waals surface area contributed by atoms with E-state index in [2.05, 4.69) is 24.0 Å². The second-order valence-electron chi connectivity index (χ2n) is 16.2. The SMILES string of the molecule is C=CCOC12Oc3ccc(OC(=O)NCC)cc3C3C(CCCCO)C(CCCCO)C=C(C(=NOCc4ccccc4)CC1N(Cc1cccc4ccccc14)C(=O)OC)C32. The lowest BCUT2D eigenvalue weighted by Crippen LogP contribution is -2.70. The zero-order chi connectivity index (χ0) is 43.5. The summed E-state index contributed by atoms with van der Waals surface area (Å²) in [6, 6.07) is 28.6. The second-order valence-corrected chi connectivity index (χ2v) is 16.2. The molecule has 0 aromatic heterocycles. The molecule has 3 N–H and O–H groups in total. The molecule has 6 atom stereocenters. The van der Waals surface area contributed by atoms with E-state index in [1.54, 1.807) is 17.0 Å². The largest absolute Gasteiger partial charge is 0.459 e. The molecule has 7 rings (SSSR count). The summed E-state index contributed by atoms with van der Waals surface area (Å²) < 4.78 is 25.8. The minimum Gasteiger partial charge on any atom is -0.459 e. The fourth-order valence-electron chi connectivity index (χ4n) is 9.79. The van der Waals surface area contributed by atoms with Gasteiger partial charge in [-0.15, -0.1) is 6.58 Å². The van der Waals surface area contributed by atoms with Crippen LogP contribution in [0.4, 0.5) is 9.59 Å². The van der Waals surface area contributed by atoms with Gasteiger partial charge in [0.25, 0.3) is 0 Å². The standard InChI is InChI=1S/C50H59N3O9/c1-4-28-59-50-45(53(49(57)58-3)32-37-21-15-20-35-18-9-10-22-39(35)37)31-43(52-60-33-34-16-7-6-8-17-34)41-29-36(19-11-13-26-54)40(23-12-14-27-55)46(47(41)50)42-30-38(24-25-44(42)62-50)61-48(56)51-5-2/h4,6-10,15-18,20-22,24-25,29-30,36,40,45-47,54-55H,1,5,11-14,19,23,26-28,31-33H2,2-3H3,(H,51,56). The Hall–Kier alpha value is -5.69. The summed E-state index contributed by atoms with van der Waals surface area (Å²) >= 11 is 0. The van der Waals surface area contributed by atoms with Crippen molar-refractivity contribution in [3.63, 3.8) is 0 Å². The van der Waals surface area contributed by atoms with Crippen molar-refractivity contribution < 1.29 is 43.6 Å². The van der Waals surface area contributed by atoms with E-state index in [-0.39, 0.29) is 57.1 Å². The molecular weight excluding hydrogens is 787 g/mol. The molecule has 6 unspecified atom stereocenters. The molecule has 4 aromatic rings. The number of rotatable bonds is 19. The average Bonchev–Trinajstić information content (AvgIpc) is 3.29. The lowest BCUT2D eigenvalue weighted by Gasteiger charge is -2.59. The van der Waals surface area contributed by atoms with Crippen molar-refractivity contribution in [1.82, 2.24) is 10.2 Å². The molecule has 1 heterocycles. The van der Waals surface area contributed by atoms with E-state index in [9.17, 15) is 19.8 Å². The van der Waals surface area contributed by atoms with Crippen molar-refractivity contribution in [2.24, 2.45) is 22.9 Å². The first kappa shape index (κ1) is 44.4. The normalized spacial score (nSPS) is 23.0. The number of hydrogen-bond acceptors (Lipinski definition) is 10. The van der Waals surface area contributed by atoms with Crippen LogP contribution in [0.1, 0.15) is 74.5 Å². The quantitative estimate of drug-likeness (QED) is 0.0478. The monoisotopic (exact) mass is 845 g/mol. The summed E-state index contributed by atoms with van der Waals surface area (Å²) in [5, 5.41) is 29.6. The van der Waals surface area contributed by atoms with Crippen molar-refractivity contribution in [3.05, 3.63) is 132 Å². The summed E-state index contributed by atoms with van der Waals surface area (Å²) in [7, 11) is 1.38. The molecule has 0 spiro atoms. The smallest absolute Gasteiger partial charge is 0.412 e. The highest BCUT2D eigenvalue weighted by Crippen LogP contribution is 2.62. The zero-order valence-electron chi connectivity index (χ0n) is 35.7. The number of allylic oxidation sites excluding steroid dienone is 1. The number of oxime groups is 1. The Kier molecular flexibility index (Phi) is 15.0. The van der Waals surface area contributed by atoms with Gasteiger partial charge in [-0.3, -0.25) is 4.90 Å². The maximum atomic E-state index is 14.5. The summed E-state index contributed by atoms with van der Waals surface area (Å²) in [6.45, 7) is 6.93. The Morgan fingerprint density at radius 3 is 2.48 bits per heavy atom. The second kappa shape index (κ2) is 20.9. The Morgan fingerprint density at radius 1 is 0.968 bits per heavy atom. The van der Waals surface area contributed by atoms with Crippen molar-refractivity contribution in [1.29, 1.82) is 0 Å². The van der Waals surface area contributed by atoms with E-state index in [1.165, 1.54) is 7.11 Å². The van der Waals surface area contributed by atoms with Crippen LogP contribution < -0.4 is 14.8 Å². The van der Waals surface area contributed by atoms with E-state index in [4.69, 9.17) is 28.9 Å². The van der Waals surface area contributed by atoms with Crippen molar-refractivity contribution in [3.8, 4) is 11.5 Å². The molecule has 2 aliphatic carbocycles. The van der Waals surface area contributed by atoms with Crippen LogP contribution in [-0.2, 0) is 27.5 Å². The van der Waals surface area contributed by atoms with Crippen LogP contribution >= 0.6 is 0 Å². The van der Waals surface area contributed by atoms with Crippen LogP contribution in [0.2, 0.25) is 0 Å². The Morgan fingerprint density at radius 2 is 1.73 bits per heavy atom. The molecule has 1 fully saturated rings. The highest BCUT2D eigenvalue weighted by Gasteiger charge is 2.65. The predicted octanol–water partition coefficient (Wildman–Crippen LogP) is 9.05. The number of amides is 2. The van der Waals surface area contributed by atoms with Gasteiger partial charge in [0.2, 0.25) is 5.79 Å². The number of ether oxygens (including phenoxy) is 4. The minimum absolute atomic E-state index is 0.0158. The number of fused-ring (bicyclic) bond motifs is 3. The van der Waals surface area contributed by atoms with Gasteiger partial charge in [0.1, 0.15) is 24.1 Å². The number of hydrogen-bond donors (Lipinski definition) is 3. The molecule has 328 valence electrons. The van der Waals surface area contributed by atoms with E-state index in [0.29, 0.717) is 36.6 Å². The number of aliphatic hydroxyl groups excluding tert-OH is 2. The maximum Gasteiger partial charge on any atom is 0.412 e. The molecule has 62 heavy (non-hydrogen) atoms. The van der Waals surface area contributed by atoms with E-state index in [0.717, 1.165) is 58.7 Å². The van der Waals surface area contributed by atoms with E-state index >= 15 is 0 Å². The number of benzene rings is 4. The Balaban J connectivity index is 1.46. The number of unbranched alkanes of at least 4 members (excludes halogenated alkanes) is 2. The van der Waals surface area contributed by atoms with Crippen molar-refractivity contribution >= 4 is 28.7 Å². The third kappa shape index (κ3) is 9.52. The molecule has 0 saturated heterocycles. The molecule has 3 aliphatic rings. The number of carbonyl (C=O) groups is 2. The average molecular weight is 846 g/mol. The summed E-state index contributed by atoms with van der Waals surface area (Å²) in [5.41, 5.74) is 4.27. The van der Waals surface area contributed by atoms with Gasteiger partial charge in [-0.05, 0) is 90.1 Å².